The van der Waals surface area contributed by atoms with Crippen LogP contribution in [-0.4, -0.2) is 29.8 Å². The van der Waals surface area contributed by atoms with Crippen molar-refractivity contribution in [1.29, 1.82) is 0 Å². The van der Waals surface area contributed by atoms with Crippen LogP contribution >= 0.6 is 0 Å². The quantitative estimate of drug-likeness (QED) is 0.310. The normalized spacial score (nSPS) is 12.1. The Morgan fingerprint density at radius 2 is 0.706 bits per heavy atom. The van der Waals surface area contributed by atoms with Gasteiger partial charge in [-0.25, -0.2) is 0 Å². The first-order valence-electron chi connectivity index (χ1n) is 12.2. The SMILES string of the molecule is CCO[Si](c1ccccc1)(c1ccccc1)C(C)[Si](OCC)(c1ccccc1)c1ccccc1. The molecule has 0 aliphatic heterocycles. The molecular weight excluding hydrogens is 449 g/mol. The van der Waals surface area contributed by atoms with Crippen LogP contribution in [0.3, 0.4) is 0 Å². The van der Waals surface area contributed by atoms with Gasteiger partial charge in [-0.2, -0.15) is 0 Å². The summed E-state index contributed by atoms with van der Waals surface area (Å²) in [6.07, 6.45) is 0. The van der Waals surface area contributed by atoms with Gasteiger partial charge in [0, 0.05) is 18.4 Å². The van der Waals surface area contributed by atoms with Crippen molar-refractivity contribution in [1.82, 2.24) is 0 Å². The molecule has 0 aromatic heterocycles. The second-order valence-electron chi connectivity index (χ2n) is 8.52. The molecule has 4 heteroatoms. The molecule has 0 bridgehead atoms. The van der Waals surface area contributed by atoms with E-state index in [-0.39, 0.29) is 5.16 Å². The van der Waals surface area contributed by atoms with Crippen molar-refractivity contribution in [3.63, 3.8) is 0 Å². The Kier molecular flexibility index (Phi) is 7.96. The maximum Gasteiger partial charge on any atom is 0.258 e. The van der Waals surface area contributed by atoms with Gasteiger partial charge in [0.1, 0.15) is 0 Å². The Balaban J connectivity index is 2.08. The third-order valence-corrected chi connectivity index (χ3v) is 17.9. The highest BCUT2D eigenvalue weighted by Crippen LogP contribution is 2.33. The zero-order valence-corrected chi connectivity index (χ0v) is 22.4. The molecule has 174 valence electrons. The summed E-state index contributed by atoms with van der Waals surface area (Å²) in [5.74, 6) is 0. The Labute approximate surface area is 206 Å². The standard InChI is InChI=1S/C30H34O2Si2/c1-4-31-33(27-18-10-6-11-19-27,28-20-12-7-13-21-28)26(3)34(32-5-2,29-22-14-8-15-23-29)30-24-16-9-17-25-30/h6-26H,4-5H2,1-3H3. The number of hydrogen-bond acceptors (Lipinski definition) is 2. The molecule has 0 aliphatic rings. The van der Waals surface area contributed by atoms with Gasteiger partial charge in [0.2, 0.25) is 0 Å². The summed E-state index contributed by atoms with van der Waals surface area (Å²) in [6, 6.07) is 43.5. The third kappa shape index (κ3) is 4.35. The highest BCUT2D eigenvalue weighted by Gasteiger charge is 2.58. The van der Waals surface area contributed by atoms with Crippen LogP contribution in [0.5, 0.6) is 0 Å². The van der Waals surface area contributed by atoms with E-state index in [1.165, 1.54) is 20.7 Å². The first-order valence-corrected chi connectivity index (χ1v) is 16.2. The summed E-state index contributed by atoms with van der Waals surface area (Å²) < 4.78 is 14.1. The second-order valence-corrected chi connectivity index (χ2v) is 16.7. The first kappa shape index (κ1) is 24.4. The van der Waals surface area contributed by atoms with E-state index in [9.17, 15) is 0 Å². The van der Waals surface area contributed by atoms with Gasteiger partial charge >= 0.3 is 0 Å². The molecule has 4 aromatic rings. The predicted molar refractivity (Wildman–Crippen MR) is 148 cm³/mol. The van der Waals surface area contributed by atoms with Crippen molar-refractivity contribution in [3.8, 4) is 0 Å². The lowest BCUT2D eigenvalue weighted by Gasteiger charge is -2.46. The lowest BCUT2D eigenvalue weighted by atomic mass is 10.4. The molecule has 0 saturated carbocycles. The van der Waals surface area contributed by atoms with Crippen molar-refractivity contribution in [2.45, 2.75) is 25.9 Å². The van der Waals surface area contributed by atoms with E-state index in [0.717, 1.165) is 0 Å². The fourth-order valence-corrected chi connectivity index (χ4v) is 17.7. The second kappa shape index (κ2) is 11.1. The average molecular weight is 483 g/mol. The highest BCUT2D eigenvalue weighted by molar-refractivity contribution is 7.14. The van der Waals surface area contributed by atoms with Crippen LogP contribution in [0.4, 0.5) is 0 Å². The Hall–Kier alpha value is -2.77. The molecule has 34 heavy (non-hydrogen) atoms. The van der Waals surface area contributed by atoms with Gasteiger partial charge in [-0.1, -0.05) is 128 Å². The van der Waals surface area contributed by atoms with Crippen LogP contribution in [0, 0.1) is 0 Å². The zero-order valence-electron chi connectivity index (χ0n) is 20.4. The van der Waals surface area contributed by atoms with Gasteiger partial charge in [0.25, 0.3) is 16.6 Å². The zero-order chi connectivity index (χ0) is 23.9. The van der Waals surface area contributed by atoms with Gasteiger partial charge < -0.3 is 8.85 Å². The molecule has 0 fully saturated rings. The number of rotatable bonds is 10. The van der Waals surface area contributed by atoms with E-state index >= 15 is 0 Å². The maximum absolute atomic E-state index is 7.05. The van der Waals surface area contributed by atoms with Crippen molar-refractivity contribution in [2.24, 2.45) is 0 Å². The van der Waals surface area contributed by atoms with E-state index in [1.54, 1.807) is 0 Å². The van der Waals surface area contributed by atoms with Crippen molar-refractivity contribution >= 4 is 37.4 Å². The van der Waals surface area contributed by atoms with Gasteiger partial charge in [0.15, 0.2) is 0 Å². The van der Waals surface area contributed by atoms with Crippen molar-refractivity contribution in [3.05, 3.63) is 121 Å². The van der Waals surface area contributed by atoms with E-state index in [1.807, 2.05) is 0 Å². The lowest BCUT2D eigenvalue weighted by molar-refractivity contribution is 0.316. The predicted octanol–water partition coefficient (Wildman–Crippen LogP) is 4.51. The summed E-state index contributed by atoms with van der Waals surface area (Å²) in [5.41, 5.74) is 0. The van der Waals surface area contributed by atoms with Crippen LogP contribution < -0.4 is 20.7 Å². The monoisotopic (exact) mass is 482 g/mol. The summed E-state index contributed by atoms with van der Waals surface area (Å²) in [7, 11) is -5.51. The fourth-order valence-electron chi connectivity index (χ4n) is 5.40. The van der Waals surface area contributed by atoms with E-state index < -0.39 is 16.6 Å². The van der Waals surface area contributed by atoms with E-state index in [2.05, 4.69) is 142 Å². The molecule has 0 heterocycles. The summed E-state index contributed by atoms with van der Waals surface area (Å²) >= 11 is 0. The van der Waals surface area contributed by atoms with Gasteiger partial charge in [-0.3, -0.25) is 0 Å². The van der Waals surface area contributed by atoms with Crippen LogP contribution in [0.2, 0.25) is 5.16 Å². The van der Waals surface area contributed by atoms with Crippen LogP contribution in [-0.2, 0) is 8.85 Å². The van der Waals surface area contributed by atoms with Gasteiger partial charge in [-0.05, 0) is 34.6 Å². The fraction of sp³-hybridized carbons (Fsp3) is 0.200. The van der Waals surface area contributed by atoms with E-state index in [0.29, 0.717) is 13.2 Å². The highest BCUT2D eigenvalue weighted by atomic mass is 28.4. The molecule has 4 aromatic carbocycles. The molecule has 4 rings (SSSR count). The smallest absolute Gasteiger partial charge is 0.258 e. The number of hydrogen-bond donors (Lipinski definition) is 0. The van der Waals surface area contributed by atoms with Crippen LogP contribution in [0.25, 0.3) is 0 Å². The van der Waals surface area contributed by atoms with Gasteiger partial charge in [-0.15, -0.1) is 0 Å². The Morgan fingerprint density at radius 3 is 0.912 bits per heavy atom. The average Bonchev–Trinajstić information content (AvgIpc) is 2.92. The minimum atomic E-state index is -2.75. The third-order valence-electron chi connectivity index (χ3n) is 6.77. The minimum absolute atomic E-state index is 0.162. The molecule has 2 nitrogen and oxygen atoms in total. The van der Waals surface area contributed by atoms with E-state index in [4.69, 9.17) is 8.85 Å². The maximum atomic E-state index is 7.05. The Bertz CT molecular complexity index is 964. The molecule has 0 aliphatic carbocycles. The van der Waals surface area contributed by atoms with Crippen LogP contribution in [0.15, 0.2) is 121 Å². The Morgan fingerprint density at radius 1 is 0.471 bits per heavy atom. The summed E-state index contributed by atoms with van der Waals surface area (Å²) in [4.78, 5) is 0. The molecule has 0 unspecified atom stereocenters. The molecule has 0 spiro atoms. The lowest BCUT2D eigenvalue weighted by Crippen LogP contribution is -2.76. The summed E-state index contributed by atoms with van der Waals surface area (Å²) in [5, 5.41) is 5.32. The first-order chi connectivity index (χ1) is 16.7. The molecule has 0 radical (unpaired) electrons. The van der Waals surface area contributed by atoms with Crippen molar-refractivity contribution < 1.29 is 8.85 Å². The molecule has 0 saturated heterocycles. The van der Waals surface area contributed by atoms with Crippen LogP contribution in [0.1, 0.15) is 20.8 Å². The van der Waals surface area contributed by atoms with Crippen molar-refractivity contribution in [2.75, 3.05) is 13.2 Å². The molecule has 0 N–H and O–H groups in total. The summed E-state index contributed by atoms with van der Waals surface area (Å²) in [6.45, 7) is 7.94. The molecule has 0 amide bonds. The largest absolute Gasteiger partial charge is 0.408 e. The van der Waals surface area contributed by atoms with Gasteiger partial charge in [0.05, 0.1) is 0 Å². The minimum Gasteiger partial charge on any atom is -0.408 e. The number of benzene rings is 4. The topological polar surface area (TPSA) is 18.5 Å². The molecular formula is C30H34O2Si2. The molecule has 0 atom stereocenters.